The number of likely N-dealkylation sites (tertiary alicyclic amines) is 1. The van der Waals surface area contributed by atoms with Crippen LogP contribution in [0.4, 0.5) is 0 Å². The first-order valence-corrected chi connectivity index (χ1v) is 7.40. The van der Waals surface area contributed by atoms with Gasteiger partial charge in [-0.25, -0.2) is 0 Å². The lowest BCUT2D eigenvalue weighted by Crippen LogP contribution is -2.43. The molecule has 2 fully saturated rings. The summed E-state index contributed by atoms with van der Waals surface area (Å²) < 4.78 is 0. The lowest BCUT2D eigenvalue weighted by Gasteiger charge is -2.31. The average Bonchev–Trinajstić information content (AvgIpc) is 3.27. The molecule has 0 bridgehead atoms. The topological polar surface area (TPSA) is 49.4 Å². The van der Waals surface area contributed by atoms with Crippen LogP contribution in [0.25, 0.3) is 0 Å². The van der Waals surface area contributed by atoms with E-state index in [1.54, 1.807) is 0 Å². The van der Waals surface area contributed by atoms with Gasteiger partial charge in [-0.1, -0.05) is 12.2 Å². The highest BCUT2D eigenvalue weighted by Crippen LogP contribution is 2.32. The molecule has 0 unspecified atom stereocenters. The first-order chi connectivity index (χ1) is 9.22. The summed E-state index contributed by atoms with van der Waals surface area (Å²) in [7, 11) is 0. The molecule has 2 rings (SSSR count). The largest absolute Gasteiger partial charge is 0.356 e. The van der Waals surface area contributed by atoms with Crippen LogP contribution in [0.15, 0.2) is 12.2 Å². The summed E-state index contributed by atoms with van der Waals surface area (Å²) in [6, 6.07) is 0. The number of hydrogen-bond acceptors (Lipinski definition) is 2. The van der Waals surface area contributed by atoms with Crippen LogP contribution in [0, 0.1) is 11.8 Å². The predicted molar refractivity (Wildman–Crippen MR) is 74.5 cm³/mol. The summed E-state index contributed by atoms with van der Waals surface area (Å²) in [5, 5.41) is 2.97. The molecule has 0 spiro atoms. The minimum atomic E-state index is 0.0915. The van der Waals surface area contributed by atoms with Crippen LogP contribution in [0.5, 0.6) is 0 Å². The van der Waals surface area contributed by atoms with Gasteiger partial charge in [0.05, 0.1) is 0 Å². The lowest BCUT2D eigenvalue weighted by molar-refractivity contribution is -0.136. The van der Waals surface area contributed by atoms with Gasteiger partial charge in [-0.3, -0.25) is 9.59 Å². The van der Waals surface area contributed by atoms with Gasteiger partial charge in [-0.2, -0.15) is 0 Å². The van der Waals surface area contributed by atoms with Crippen LogP contribution in [0.2, 0.25) is 0 Å². The summed E-state index contributed by atoms with van der Waals surface area (Å²) in [5.41, 5.74) is 0. The van der Waals surface area contributed by atoms with Gasteiger partial charge < -0.3 is 10.2 Å². The van der Waals surface area contributed by atoms with Crippen LogP contribution in [0.3, 0.4) is 0 Å². The Labute approximate surface area is 115 Å². The van der Waals surface area contributed by atoms with E-state index in [9.17, 15) is 9.59 Å². The van der Waals surface area contributed by atoms with Gasteiger partial charge in [-0.05, 0) is 39.0 Å². The summed E-state index contributed by atoms with van der Waals surface area (Å²) in [5.74, 6) is 0.857. The maximum absolute atomic E-state index is 11.9. The van der Waals surface area contributed by atoms with Crippen molar-refractivity contribution >= 4 is 11.8 Å². The Morgan fingerprint density at radius 1 is 1.16 bits per heavy atom. The van der Waals surface area contributed by atoms with Crippen molar-refractivity contribution in [1.29, 1.82) is 0 Å². The summed E-state index contributed by atoms with van der Waals surface area (Å²) >= 11 is 0. The third-order valence-electron chi connectivity index (χ3n) is 3.95. The minimum absolute atomic E-state index is 0.0915. The molecule has 1 heterocycles. The van der Waals surface area contributed by atoms with E-state index in [0.29, 0.717) is 18.4 Å². The van der Waals surface area contributed by atoms with Crippen LogP contribution >= 0.6 is 0 Å². The minimum Gasteiger partial charge on any atom is -0.356 e. The highest BCUT2D eigenvalue weighted by Gasteiger charge is 2.35. The quantitative estimate of drug-likeness (QED) is 0.607. The molecule has 19 heavy (non-hydrogen) atoms. The Morgan fingerprint density at radius 3 is 2.42 bits per heavy atom. The van der Waals surface area contributed by atoms with Gasteiger partial charge in [0, 0.05) is 31.5 Å². The molecule has 1 saturated carbocycles. The van der Waals surface area contributed by atoms with Gasteiger partial charge in [0.25, 0.3) is 0 Å². The van der Waals surface area contributed by atoms with Crippen molar-refractivity contribution in [3.05, 3.63) is 12.2 Å². The first-order valence-electron chi connectivity index (χ1n) is 7.40. The predicted octanol–water partition coefficient (Wildman–Crippen LogP) is 1.72. The van der Waals surface area contributed by atoms with E-state index in [1.165, 1.54) is 0 Å². The van der Waals surface area contributed by atoms with Crippen LogP contribution in [-0.2, 0) is 9.59 Å². The fourth-order valence-electron chi connectivity index (χ4n) is 2.54. The monoisotopic (exact) mass is 264 g/mol. The molecule has 2 amide bonds. The second kappa shape index (κ2) is 6.73. The molecule has 0 radical (unpaired) electrons. The molecule has 1 N–H and O–H groups in total. The molecule has 1 aliphatic carbocycles. The van der Waals surface area contributed by atoms with Crippen molar-refractivity contribution in [3.63, 3.8) is 0 Å². The molecule has 106 valence electrons. The molecule has 1 saturated heterocycles. The number of allylic oxidation sites excluding steroid dienone is 1. The third kappa shape index (κ3) is 4.08. The van der Waals surface area contributed by atoms with Crippen molar-refractivity contribution in [1.82, 2.24) is 10.2 Å². The van der Waals surface area contributed by atoms with Crippen molar-refractivity contribution in [3.8, 4) is 0 Å². The van der Waals surface area contributed by atoms with Gasteiger partial charge in [-0.15, -0.1) is 0 Å². The van der Waals surface area contributed by atoms with Gasteiger partial charge in [0.2, 0.25) is 11.8 Å². The van der Waals surface area contributed by atoms with E-state index in [-0.39, 0.29) is 11.8 Å². The zero-order valence-electron chi connectivity index (χ0n) is 11.7. The molecule has 0 atom stereocenters. The molecule has 0 aromatic heterocycles. The molecular formula is C15H24N2O2. The van der Waals surface area contributed by atoms with Gasteiger partial charge in [0.1, 0.15) is 0 Å². The first kappa shape index (κ1) is 14.1. The third-order valence-corrected chi connectivity index (χ3v) is 3.95. The second-order valence-electron chi connectivity index (χ2n) is 5.52. The molecule has 4 heteroatoms. The smallest absolute Gasteiger partial charge is 0.225 e. The van der Waals surface area contributed by atoms with E-state index >= 15 is 0 Å². The van der Waals surface area contributed by atoms with Crippen LogP contribution in [0.1, 0.15) is 39.0 Å². The number of nitrogens with zero attached hydrogens (tertiary/aromatic N) is 1. The Hall–Kier alpha value is -1.32. The van der Waals surface area contributed by atoms with Crippen LogP contribution in [-0.4, -0.2) is 36.3 Å². The van der Waals surface area contributed by atoms with E-state index in [0.717, 1.165) is 45.2 Å². The Kier molecular flexibility index (Phi) is 5.00. The molecule has 0 aromatic rings. The molecule has 4 nitrogen and oxygen atoms in total. The highest BCUT2D eigenvalue weighted by molar-refractivity contribution is 5.82. The molecule has 0 aromatic carbocycles. The molecular weight excluding hydrogens is 240 g/mol. The number of piperidine rings is 1. The van der Waals surface area contributed by atoms with Crippen LogP contribution < -0.4 is 5.32 Å². The number of amides is 2. The van der Waals surface area contributed by atoms with E-state index in [4.69, 9.17) is 0 Å². The van der Waals surface area contributed by atoms with E-state index < -0.39 is 0 Å². The fraction of sp³-hybridized carbons (Fsp3) is 0.733. The number of nitrogens with one attached hydrogen (secondary N) is 1. The van der Waals surface area contributed by atoms with E-state index in [2.05, 4.69) is 11.4 Å². The number of carbonyl (C=O) groups excluding carboxylic acids is 2. The number of rotatable bonds is 5. The van der Waals surface area contributed by atoms with Crippen molar-refractivity contribution in [2.24, 2.45) is 11.8 Å². The fourth-order valence-corrected chi connectivity index (χ4v) is 2.54. The van der Waals surface area contributed by atoms with Crippen molar-refractivity contribution < 1.29 is 9.59 Å². The van der Waals surface area contributed by atoms with Crippen molar-refractivity contribution in [2.45, 2.75) is 39.0 Å². The second-order valence-corrected chi connectivity index (χ2v) is 5.52. The zero-order chi connectivity index (χ0) is 13.7. The highest BCUT2D eigenvalue weighted by atomic mass is 16.2. The summed E-state index contributed by atoms with van der Waals surface area (Å²) in [6.07, 6.45) is 8.68. The lowest BCUT2D eigenvalue weighted by atomic mass is 9.95. The normalized spacial score (nSPS) is 20.8. The molecule has 2 aliphatic rings. The summed E-state index contributed by atoms with van der Waals surface area (Å²) in [4.78, 5) is 25.8. The Morgan fingerprint density at radius 2 is 1.84 bits per heavy atom. The van der Waals surface area contributed by atoms with Crippen molar-refractivity contribution in [2.75, 3.05) is 19.6 Å². The van der Waals surface area contributed by atoms with Gasteiger partial charge in [0.15, 0.2) is 0 Å². The Bertz CT molecular complexity index is 353. The maximum atomic E-state index is 11.9. The maximum Gasteiger partial charge on any atom is 0.225 e. The number of carbonyl (C=O) groups is 2. The Balaban J connectivity index is 1.67. The average molecular weight is 264 g/mol. The zero-order valence-corrected chi connectivity index (χ0v) is 11.7. The SMILES string of the molecule is C/C=C/CCNC(=O)C1CCN(C(=O)C2CC2)CC1. The van der Waals surface area contributed by atoms with Gasteiger partial charge >= 0.3 is 0 Å². The molecule has 1 aliphatic heterocycles. The number of hydrogen-bond donors (Lipinski definition) is 1. The standard InChI is InChI=1S/C15H24N2O2/c1-2-3-4-9-16-14(18)12-7-10-17(11-8-12)15(19)13-5-6-13/h2-3,12-13H,4-11H2,1H3,(H,16,18)/b3-2+. The van der Waals surface area contributed by atoms with E-state index in [1.807, 2.05) is 17.9 Å². The summed E-state index contributed by atoms with van der Waals surface area (Å²) in [6.45, 7) is 4.20.